The van der Waals surface area contributed by atoms with E-state index >= 15 is 0 Å². The molecule has 0 aliphatic carbocycles. The van der Waals surface area contributed by atoms with Crippen LogP contribution in [0.15, 0.2) is 23.7 Å². The van der Waals surface area contributed by atoms with Crippen LogP contribution < -0.4 is 5.32 Å². The summed E-state index contributed by atoms with van der Waals surface area (Å²) in [6.45, 7) is 4.57. The van der Waals surface area contributed by atoms with E-state index in [0.717, 1.165) is 16.2 Å². The molecular weight excluding hydrogens is 318 g/mol. The van der Waals surface area contributed by atoms with Gasteiger partial charge in [0.25, 0.3) is 0 Å². The van der Waals surface area contributed by atoms with Crippen LogP contribution in [0.25, 0.3) is 0 Å². The van der Waals surface area contributed by atoms with Crippen molar-refractivity contribution in [3.05, 3.63) is 33.5 Å². The number of amides is 2. The third kappa shape index (κ3) is 4.92. The molecule has 2 aromatic rings. The second-order valence-electron chi connectivity index (χ2n) is 4.90. The lowest BCUT2D eigenvalue weighted by Crippen LogP contribution is -2.39. The van der Waals surface area contributed by atoms with Gasteiger partial charge in [0.1, 0.15) is 0 Å². The molecule has 0 aliphatic heterocycles. The molecule has 0 radical (unpaired) electrons. The van der Waals surface area contributed by atoms with Gasteiger partial charge in [0.05, 0.1) is 13.0 Å². The van der Waals surface area contributed by atoms with Crippen molar-refractivity contribution in [2.75, 3.05) is 18.4 Å². The van der Waals surface area contributed by atoms with Gasteiger partial charge in [-0.3, -0.25) is 9.59 Å². The van der Waals surface area contributed by atoms with Crippen molar-refractivity contribution in [3.8, 4) is 0 Å². The maximum atomic E-state index is 12.3. The number of aryl methyl sites for hydroxylation is 1. The molecule has 5 nitrogen and oxygen atoms in total. The molecule has 0 aliphatic rings. The van der Waals surface area contributed by atoms with Crippen LogP contribution in [-0.2, 0) is 16.0 Å². The highest BCUT2D eigenvalue weighted by molar-refractivity contribution is 7.15. The fourth-order valence-electron chi connectivity index (χ4n) is 1.98. The number of hydrogen-bond acceptors (Lipinski definition) is 5. The summed E-state index contributed by atoms with van der Waals surface area (Å²) in [6, 6.07) is 3.86. The minimum Gasteiger partial charge on any atom is -0.333 e. The smallest absolute Gasteiger partial charge is 0.245 e. The Morgan fingerprint density at radius 1 is 1.41 bits per heavy atom. The number of anilines is 1. The molecular formula is C15H19N3O2S2. The van der Waals surface area contributed by atoms with E-state index in [0.29, 0.717) is 18.1 Å². The highest BCUT2D eigenvalue weighted by atomic mass is 32.1. The van der Waals surface area contributed by atoms with Crippen LogP contribution in [-0.4, -0.2) is 34.8 Å². The Hall–Kier alpha value is -1.73. The van der Waals surface area contributed by atoms with Gasteiger partial charge in [-0.05, 0) is 24.8 Å². The molecule has 2 aromatic heterocycles. The Morgan fingerprint density at radius 2 is 2.23 bits per heavy atom. The van der Waals surface area contributed by atoms with Crippen LogP contribution in [0.4, 0.5) is 5.13 Å². The van der Waals surface area contributed by atoms with Gasteiger partial charge in [-0.15, -0.1) is 22.7 Å². The third-order valence-corrected chi connectivity index (χ3v) is 4.66. The minimum absolute atomic E-state index is 0.0187. The lowest BCUT2D eigenvalue weighted by atomic mass is 10.3. The van der Waals surface area contributed by atoms with Crippen LogP contribution in [0.2, 0.25) is 0 Å². The van der Waals surface area contributed by atoms with E-state index < -0.39 is 0 Å². The van der Waals surface area contributed by atoms with Gasteiger partial charge in [0.2, 0.25) is 11.8 Å². The molecule has 0 bridgehead atoms. The number of aromatic nitrogens is 1. The van der Waals surface area contributed by atoms with Crippen molar-refractivity contribution in [3.63, 3.8) is 0 Å². The van der Waals surface area contributed by atoms with E-state index in [1.807, 2.05) is 31.4 Å². The van der Waals surface area contributed by atoms with Crippen LogP contribution in [0.1, 0.15) is 23.1 Å². The van der Waals surface area contributed by atoms with Crippen molar-refractivity contribution in [1.29, 1.82) is 0 Å². The van der Waals surface area contributed by atoms with Gasteiger partial charge < -0.3 is 10.2 Å². The predicted octanol–water partition coefficient (Wildman–Crippen LogP) is 2.93. The largest absolute Gasteiger partial charge is 0.333 e. The second kappa shape index (κ2) is 8.05. The summed E-state index contributed by atoms with van der Waals surface area (Å²) in [5.41, 5.74) is 0. The Balaban J connectivity index is 1.92. The van der Waals surface area contributed by atoms with E-state index in [1.165, 1.54) is 11.3 Å². The molecule has 2 amide bonds. The van der Waals surface area contributed by atoms with Gasteiger partial charge >= 0.3 is 0 Å². The number of carbonyl (C=O) groups excluding carboxylic acids is 2. The Labute approximate surface area is 138 Å². The number of nitrogens with zero attached hydrogens (tertiary/aromatic N) is 2. The lowest BCUT2D eigenvalue weighted by molar-refractivity contribution is -0.134. The fraction of sp³-hybridized carbons (Fsp3) is 0.400. The molecule has 2 heterocycles. The first kappa shape index (κ1) is 16.6. The monoisotopic (exact) mass is 337 g/mol. The summed E-state index contributed by atoms with van der Waals surface area (Å²) in [5.74, 6) is -0.225. The number of hydrogen-bond donors (Lipinski definition) is 1. The zero-order chi connectivity index (χ0) is 15.9. The van der Waals surface area contributed by atoms with Gasteiger partial charge in [0, 0.05) is 22.5 Å². The van der Waals surface area contributed by atoms with Crippen LogP contribution in [0.5, 0.6) is 0 Å². The van der Waals surface area contributed by atoms with Gasteiger partial charge in [-0.2, -0.15) is 0 Å². The molecule has 118 valence electrons. The first-order chi connectivity index (χ1) is 10.6. The second-order valence-corrected chi connectivity index (χ2v) is 7.16. The van der Waals surface area contributed by atoms with Crippen molar-refractivity contribution in [2.24, 2.45) is 0 Å². The SMILES string of the molecule is CCCN(CC(=O)Nc1ncc(C)s1)C(=O)Cc1cccs1. The predicted molar refractivity (Wildman–Crippen MR) is 90.4 cm³/mol. The maximum absolute atomic E-state index is 12.3. The van der Waals surface area contributed by atoms with E-state index in [2.05, 4.69) is 10.3 Å². The molecule has 0 unspecified atom stereocenters. The summed E-state index contributed by atoms with van der Waals surface area (Å²) in [7, 11) is 0. The molecule has 0 fully saturated rings. The van der Waals surface area contributed by atoms with Gasteiger partial charge in [-0.25, -0.2) is 4.98 Å². The maximum Gasteiger partial charge on any atom is 0.245 e. The standard InChI is InChI=1S/C15H19N3O2S2/c1-3-6-18(14(20)8-12-5-4-7-21-12)10-13(19)17-15-16-9-11(2)22-15/h4-5,7,9H,3,6,8,10H2,1-2H3,(H,16,17,19). The van der Waals surface area contributed by atoms with Crippen molar-refractivity contribution in [1.82, 2.24) is 9.88 Å². The van der Waals surface area contributed by atoms with Crippen LogP contribution in [0.3, 0.4) is 0 Å². The molecule has 0 aromatic carbocycles. The first-order valence-corrected chi connectivity index (χ1v) is 8.80. The highest BCUT2D eigenvalue weighted by Gasteiger charge is 2.17. The number of rotatable bonds is 7. The number of carbonyl (C=O) groups is 2. The van der Waals surface area contributed by atoms with Crippen LogP contribution in [0, 0.1) is 6.92 Å². The summed E-state index contributed by atoms with van der Waals surface area (Å²) in [5, 5.41) is 5.26. The highest BCUT2D eigenvalue weighted by Crippen LogP contribution is 2.16. The zero-order valence-corrected chi connectivity index (χ0v) is 14.3. The molecule has 0 saturated carbocycles. The van der Waals surface area contributed by atoms with Crippen molar-refractivity contribution >= 4 is 39.6 Å². The molecule has 0 atom stereocenters. The van der Waals surface area contributed by atoms with Gasteiger partial charge in [-0.1, -0.05) is 13.0 Å². The molecule has 1 N–H and O–H groups in total. The Kier molecular flexibility index (Phi) is 6.09. The average Bonchev–Trinajstić information content (AvgIpc) is 3.10. The number of thiophene rings is 1. The first-order valence-electron chi connectivity index (χ1n) is 7.11. The lowest BCUT2D eigenvalue weighted by Gasteiger charge is -2.21. The third-order valence-electron chi connectivity index (χ3n) is 2.95. The summed E-state index contributed by atoms with van der Waals surface area (Å²) >= 11 is 2.98. The number of thiazole rings is 1. The molecule has 0 spiro atoms. The average molecular weight is 337 g/mol. The molecule has 2 rings (SSSR count). The van der Waals surface area contributed by atoms with Crippen molar-refractivity contribution in [2.45, 2.75) is 26.7 Å². The molecule has 22 heavy (non-hydrogen) atoms. The zero-order valence-electron chi connectivity index (χ0n) is 12.7. The number of nitrogens with one attached hydrogen (secondary N) is 1. The molecule has 7 heteroatoms. The van der Waals surface area contributed by atoms with E-state index in [9.17, 15) is 9.59 Å². The Morgan fingerprint density at radius 3 is 2.82 bits per heavy atom. The summed E-state index contributed by atoms with van der Waals surface area (Å²) < 4.78 is 0. The van der Waals surface area contributed by atoms with Crippen LogP contribution >= 0.6 is 22.7 Å². The van der Waals surface area contributed by atoms with E-state index in [-0.39, 0.29) is 18.4 Å². The topological polar surface area (TPSA) is 62.3 Å². The van der Waals surface area contributed by atoms with E-state index in [4.69, 9.17) is 0 Å². The summed E-state index contributed by atoms with van der Waals surface area (Å²) in [4.78, 5) is 32.2. The Bertz CT molecular complexity index is 623. The van der Waals surface area contributed by atoms with E-state index in [1.54, 1.807) is 22.4 Å². The quantitative estimate of drug-likeness (QED) is 0.845. The van der Waals surface area contributed by atoms with Crippen molar-refractivity contribution < 1.29 is 9.59 Å². The fourth-order valence-corrected chi connectivity index (χ4v) is 3.36. The minimum atomic E-state index is -0.206. The normalized spacial score (nSPS) is 10.5. The molecule has 0 saturated heterocycles. The van der Waals surface area contributed by atoms with Gasteiger partial charge in [0.15, 0.2) is 5.13 Å². The summed E-state index contributed by atoms with van der Waals surface area (Å²) in [6.07, 6.45) is 2.88.